The summed E-state index contributed by atoms with van der Waals surface area (Å²) in [5.41, 5.74) is 6.29. The molecule has 0 amide bonds. The van der Waals surface area contributed by atoms with Gasteiger partial charge in [-0.1, -0.05) is 17.7 Å². The second-order valence-electron chi connectivity index (χ2n) is 4.11. The van der Waals surface area contributed by atoms with Crippen LogP contribution in [0.3, 0.4) is 0 Å². The highest BCUT2D eigenvalue weighted by atomic mass is 35.5. The van der Waals surface area contributed by atoms with Crippen molar-refractivity contribution in [3.63, 3.8) is 0 Å². The summed E-state index contributed by atoms with van der Waals surface area (Å²) < 4.78 is 24.0. The molecule has 18 heavy (non-hydrogen) atoms. The predicted octanol–water partition coefficient (Wildman–Crippen LogP) is 1.86. The zero-order chi connectivity index (χ0) is 13.8. The summed E-state index contributed by atoms with van der Waals surface area (Å²) in [6.07, 6.45) is 0.427. The fourth-order valence-corrected chi connectivity index (χ4v) is 3.30. The van der Waals surface area contributed by atoms with Gasteiger partial charge in [-0.2, -0.15) is 5.26 Å². The van der Waals surface area contributed by atoms with Gasteiger partial charge in [-0.15, -0.1) is 0 Å². The minimum Gasteiger partial charge on any atom is -0.330 e. The maximum absolute atomic E-state index is 12.0. The van der Waals surface area contributed by atoms with Crippen LogP contribution >= 0.6 is 11.6 Å². The minimum absolute atomic E-state index is 0.126. The van der Waals surface area contributed by atoms with Crippen molar-refractivity contribution in [1.29, 1.82) is 5.26 Å². The second kappa shape index (κ2) is 6.19. The quantitative estimate of drug-likeness (QED) is 0.895. The Balaban J connectivity index is 2.95. The third kappa shape index (κ3) is 3.70. The van der Waals surface area contributed by atoms with Gasteiger partial charge < -0.3 is 5.73 Å². The molecule has 0 saturated carbocycles. The molecule has 0 radical (unpaired) electrons. The molecule has 0 aliphatic heterocycles. The standard InChI is InChI=1S/C12H15ClN2O2S/c1-9(4-5-14)18(16,17)8-11-3-2-10(7-15)6-12(11)13/h2-3,6,9H,4-5,8,14H2,1H3. The molecule has 2 N–H and O–H groups in total. The molecule has 0 aliphatic rings. The molecular weight excluding hydrogens is 272 g/mol. The van der Waals surface area contributed by atoms with Gasteiger partial charge in [-0.3, -0.25) is 0 Å². The van der Waals surface area contributed by atoms with Gasteiger partial charge in [0.2, 0.25) is 0 Å². The van der Waals surface area contributed by atoms with Crippen molar-refractivity contribution < 1.29 is 8.42 Å². The number of nitriles is 1. The van der Waals surface area contributed by atoms with Gasteiger partial charge in [0.15, 0.2) is 9.84 Å². The summed E-state index contributed by atoms with van der Waals surface area (Å²) in [6, 6.07) is 6.56. The number of halogens is 1. The maximum atomic E-state index is 12.0. The van der Waals surface area contributed by atoms with Gasteiger partial charge in [0.1, 0.15) is 0 Å². The topological polar surface area (TPSA) is 84.0 Å². The Morgan fingerprint density at radius 3 is 2.67 bits per heavy atom. The van der Waals surface area contributed by atoms with E-state index in [1.54, 1.807) is 19.1 Å². The number of rotatable bonds is 5. The monoisotopic (exact) mass is 286 g/mol. The first-order valence-corrected chi connectivity index (χ1v) is 7.60. The maximum Gasteiger partial charge on any atom is 0.157 e. The number of nitrogens with zero attached hydrogens (tertiary/aromatic N) is 1. The van der Waals surface area contributed by atoms with E-state index in [9.17, 15) is 8.42 Å². The molecule has 1 rings (SSSR count). The first-order valence-electron chi connectivity index (χ1n) is 5.51. The molecule has 0 aliphatic carbocycles. The molecule has 1 aromatic carbocycles. The molecule has 0 fully saturated rings. The van der Waals surface area contributed by atoms with Crippen LogP contribution in [0.15, 0.2) is 18.2 Å². The van der Waals surface area contributed by atoms with Crippen LogP contribution in [0.5, 0.6) is 0 Å². The van der Waals surface area contributed by atoms with Gasteiger partial charge in [0.25, 0.3) is 0 Å². The van der Waals surface area contributed by atoms with Crippen molar-refractivity contribution in [2.24, 2.45) is 5.73 Å². The number of benzene rings is 1. The number of nitrogens with two attached hydrogens (primary N) is 1. The van der Waals surface area contributed by atoms with Crippen LogP contribution in [0.1, 0.15) is 24.5 Å². The molecule has 1 aromatic rings. The van der Waals surface area contributed by atoms with Crippen molar-refractivity contribution in [3.05, 3.63) is 34.3 Å². The number of sulfone groups is 1. The van der Waals surface area contributed by atoms with E-state index < -0.39 is 15.1 Å². The van der Waals surface area contributed by atoms with Gasteiger partial charge in [0, 0.05) is 5.02 Å². The third-order valence-electron chi connectivity index (χ3n) is 2.73. The zero-order valence-corrected chi connectivity index (χ0v) is 11.6. The van der Waals surface area contributed by atoms with Crippen LogP contribution < -0.4 is 5.73 Å². The van der Waals surface area contributed by atoms with E-state index in [-0.39, 0.29) is 5.75 Å². The van der Waals surface area contributed by atoms with E-state index in [4.69, 9.17) is 22.6 Å². The fraction of sp³-hybridized carbons (Fsp3) is 0.417. The van der Waals surface area contributed by atoms with E-state index in [1.165, 1.54) is 6.07 Å². The molecule has 0 heterocycles. The second-order valence-corrected chi connectivity index (χ2v) is 6.94. The zero-order valence-electron chi connectivity index (χ0n) is 10.1. The van der Waals surface area contributed by atoms with Crippen molar-refractivity contribution in [1.82, 2.24) is 0 Å². The Morgan fingerprint density at radius 2 is 2.17 bits per heavy atom. The summed E-state index contributed by atoms with van der Waals surface area (Å²) in [4.78, 5) is 0. The Kier molecular flexibility index (Phi) is 5.15. The Labute approximate surface area is 112 Å². The average Bonchev–Trinajstić information content (AvgIpc) is 2.32. The molecule has 6 heteroatoms. The van der Waals surface area contributed by atoms with Crippen molar-refractivity contribution in [2.75, 3.05) is 6.54 Å². The first-order chi connectivity index (χ1) is 8.40. The molecule has 1 unspecified atom stereocenters. The third-order valence-corrected chi connectivity index (χ3v) is 5.25. The van der Waals surface area contributed by atoms with Crippen molar-refractivity contribution in [3.8, 4) is 6.07 Å². The largest absolute Gasteiger partial charge is 0.330 e. The summed E-state index contributed by atoms with van der Waals surface area (Å²) in [5, 5.41) is 8.51. The van der Waals surface area contributed by atoms with Gasteiger partial charge in [-0.25, -0.2) is 8.42 Å². The Hall–Kier alpha value is -1.09. The molecular formula is C12H15ClN2O2S. The Morgan fingerprint density at radius 1 is 1.50 bits per heavy atom. The highest BCUT2D eigenvalue weighted by molar-refractivity contribution is 7.91. The summed E-state index contributed by atoms with van der Waals surface area (Å²) in [5.74, 6) is -0.126. The molecule has 0 saturated heterocycles. The SMILES string of the molecule is CC(CCN)S(=O)(=O)Cc1ccc(C#N)cc1Cl. The number of hydrogen-bond donors (Lipinski definition) is 1. The molecule has 98 valence electrons. The van der Waals surface area contributed by atoms with Crippen LogP contribution in [-0.4, -0.2) is 20.2 Å². The summed E-state index contributed by atoms with van der Waals surface area (Å²) in [7, 11) is -3.26. The van der Waals surface area contributed by atoms with Crippen LogP contribution in [0.25, 0.3) is 0 Å². The lowest BCUT2D eigenvalue weighted by atomic mass is 10.2. The minimum atomic E-state index is -3.26. The first kappa shape index (κ1) is 15.0. The van der Waals surface area contributed by atoms with Crippen LogP contribution in [-0.2, 0) is 15.6 Å². The van der Waals surface area contributed by atoms with Gasteiger partial charge in [-0.05, 0) is 37.6 Å². The molecule has 0 aromatic heterocycles. The van der Waals surface area contributed by atoms with E-state index in [0.717, 1.165) is 0 Å². The lowest BCUT2D eigenvalue weighted by Crippen LogP contribution is -2.22. The number of hydrogen-bond acceptors (Lipinski definition) is 4. The normalized spacial score (nSPS) is 13.0. The summed E-state index contributed by atoms with van der Waals surface area (Å²) >= 11 is 5.96. The smallest absolute Gasteiger partial charge is 0.157 e. The van der Waals surface area contributed by atoms with E-state index in [0.29, 0.717) is 29.1 Å². The molecule has 0 bridgehead atoms. The van der Waals surface area contributed by atoms with Gasteiger partial charge in [0.05, 0.1) is 22.6 Å². The predicted molar refractivity (Wildman–Crippen MR) is 71.9 cm³/mol. The Bertz CT molecular complexity index is 564. The highest BCUT2D eigenvalue weighted by Crippen LogP contribution is 2.22. The highest BCUT2D eigenvalue weighted by Gasteiger charge is 2.21. The van der Waals surface area contributed by atoms with Crippen LogP contribution in [0.4, 0.5) is 0 Å². The van der Waals surface area contributed by atoms with Crippen molar-refractivity contribution >= 4 is 21.4 Å². The molecule has 0 spiro atoms. The molecule has 4 nitrogen and oxygen atoms in total. The average molecular weight is 287 g/mol. The van der Waals surface area contributed by atoms with E-state index in [1.807, 2.05) is 6.07 Å². The van der Waals surface area contributed by atoms with E-state index >= 15 is 0 Å². The fourth-order valence-electron chi connectivity index (χ4n) is 1.51. The summed E-state index contributed by atoms with van der Waals surface area (Å²) in [6.45, 7) is 1.97. The van der Waals surface area contributed by atoms with Gasteiger partial charge >= 0.3 is 0 Å². The van der Waals surface area contributed by atoms with E-state index in [2.05, 4.69) is 0 Å². The van der Waals surface area contributed by atoms with Crippen molar-refractivity contribution in [2.45, 2.75) is 24.3 Å². The molecule has 1 atom stereocenters. The lowest BCUT2D eigenvalue weighted by molar-refractivity contribution is 0.577. The van der Waals surface area contributed by atoms with Crippen LogP contribution in [0.2, 0.25) is 5.02 Å². The lowest BCUT2D eigenvalue weighted by Gasteiger charge is -2.12. The van der Waals surface area contributed by atoms with Crippen LogP contribution in [0, 0.1) is 11.3 Å².